The highest BCUT2D eigenvalue weighted by Crippen LogP contribution is 2.33. The number of anilines is 2. The molecule has 0 spiro atoms. The number of ether oxygens (including phenoxy) is 4. The zero-order chi connectivity index (χ0) is 52.3. The highest BCUT2D eigenvalue weighted by Gasteiger charge is 2.38. The Morgan fingerprint density at radius 3 is 1.56 bits per heavy atom. The van der Waals surface area contributed by atoms with Crippen LogP contribution in [0, 0.1) is 32.5 Å². The van der Waals surface area contributed by atoms with Crippen molar-refractivity contribution in [3.05, 3.63) is 81.6 Å². The van der Waals surface area contributed by atoms with Gasteiger partial charge in [-0.2, -0.15) is 0 Å². The van der Waals surface area contributed by atoms with Crippen molar-refractivity contribution in [2.45, 2.75) is 113 Å². The summed E-state index contributed by atoms with van der Waals surface area (Å²) in [4.78, 5) is 46.0. The minimum atomic E-state index is -0.764. The molecule has 6 aromatic rings. The molecule has 4 saturated heterocycles. The van der Waals surface area contributed by atoms with Gasteiger partial charge >= 0.3 is 5.69 Å². The lowest BCUT2D eigenvalue weighted by atomic mass is 10.2. The summed E-state index contributed by atoms with van der Waals surface area (Å²) in [7, 11) is 0. The van der Waals surface area contributed by atoms with Gasteiger partial charge in [0, 0.05) is 55.4 Å². The van der Waals surface area contributed by atoms with E-state index in [0.717, 1.165) is 10.9 Å². The quantitative estimate of drug-likeness (QED) is 0.0873. The third kappa shape index (κ3) is 12.0. The molecule has 4 aliphatic heterocycles. The molecule has 12 atom stereocenters. The monoisotopic (exact) mass is 1080 g/mol. The van der Waals surface area contributed by atoms with Crippen LogP contribution in [0.3, 0.4) is 0 Å². The van der Waals surface area contributed by atoms with Gasteiger partial charge in [0.25, 0.3) is 5.56 Å². The third-order valence-electron chi connectivity index (χ3n) is 12.1. The lowest BCUT2D eigenvalue weighted by Gasteiger charge is -2.15. The number of nitrogen functional groups attached to an aromatic ring is 2. The number of aromatic nitrogens is 11. The number of hydrogen-bond acceptors (Lipinski definition) is 23. The first-order valence-electron chi connectivity index (χ1n) is 22.3. The van der Waals surface area contributed by atoms with E-state index in [2.05, 4.69) is 34.9 Å². The molecule has 27 nitrogen and oxygen atoms in total. The van der Waals surface area contributed by atoms with Crippen LogP contribution in [-0.2, 0) is 18.9 Å². The Morgan fingerprint density at radius 1 is 0.611 bits per heavy atom. The van der Waals surface area contributed by atoms with Crippen LogP contribution in [0.4, 0.5) is 11.9 Å². The van der Waals surface area contributed by atoms with E-state index >= 15 is 0 Å². The van der Waals surface area contributed by atoms with Crippen LogP contribution in [0.5, 0.6) is 0 Å². The first kappa shape index (κ1) is 54.7. The normalized spacial score (nSPS) is 27.8. The predicted molar refractivity (Wildman–Crippen MR) is 264 cm³/mol. The zero-order valence-electron chi connectivity index (χ0n) is 38.4. The number of rotatable bonds is 8. The molecular formula is C41H55N13O14S4. The largest absolute Gasteiger partial charge is 0.394 e. The average molecular weight is 1080 g/mol. The number of hydrogen-bond donors (Lipinski definition) is 14. The molecule has 392 valence electrons. The number of nitrogens with two attached hydrogens (primary N) is 2. The molecule has 16 N–H and O–H groups in total. The zero-order valence-corrected chi connectivity index (χ0v) is 41.7. The number of H-pyrrole nitrogens is 4. The SMILES string of the molecule is Cc1cn([C@H]2C[C@@H](O)[C@@H](CO)O2)c(=O)[nH]c1=S.Cc1cn([C@H]2C[C@@H](O)[C@@H](CO)O2)c(=S)[nH]c1=O.Nc1nc(=S)c2ccn([C@H]3C[C@@H](O)[C@@H](CO)O3)c2[nH]1.Nc1nc(=S)c2ncn([C@H]3C[C@@H](O)[C@@H](CO)O3)c2[nH]1. The van der Waals surface area contributed by atoms with Crippen molar-refractivity contribution < 1.29 is 59.8 Å². The summed E-state index contributed by atoms with van der Waals surface area (Å²) in [5.74, 6) is 0.422. The lowest BCUT2D eigenvalue weighted by molar-refractivity contribution is -0.0459. The van der Waals surface area contributed by atoms with Gasteiger partial charge in [-0.05, 0) is 32.1 Å². The van der Waals surface area contributed by atoms with E-state index in [-0.39, 0.29) is 67.0 Å². The molecule has 0 radical (unpaired) electrons. The topological polar surface area (TPSA) is 406 Å². The minimum Gasteiger partial charge on any atom is -0.394 e. The van der Waals surface area contributed by atoms with Crippen LogP contribution in [0.2, 0.25) is 0 Å². The van der Waals surface area contributed by atoms with Crippen molar-refractivity contribution in [3.8, 4) is 0 Å². The van der Waals surface area contributed by atoms with Crippen LogP contribution < -0.4 is 22.7 Å². The fourth-order valence-electron chi connectivity index (χ4n) is 8.28. The molecule has 6 aromatic heterocycles. The number of aliphatic hydroxyl groups is 8. The molecule has 0 aliphatic carbocycles. The second-order valence-electron chi connectivity index (χ2n) is 17.1. The van der Waals surface area contributed by atoms with E-state index in [4.69, 9.17) is 99.7 Å². The highest BCUT2D eigenvalue weighted by molar-refractivity contribution is 7.72. The van der Waals surface area contributed by atoms with Crippen LogP contribution in [0.25, 0.3) is 22.2 Å². The van der Waals surface area contributed by atoms with E-state index in [1.165, 1.54) is 4.57 Å². The van der Waals surface area contributed by atoms with Gasteiger partial charge in [0.15, 0.2) is 21.3 Å². The highest BCUT2D eigenvalue weighted by atomic mass is 32.1. The number of aromatic amines is 4. The Labute approximate surface area is 426 Å². The molecule has 10 heterocycles. The first-order chi connectivity index (χ1) is 34.2. The van der Waals surface area contributed by atoms with Crippen molar-refractivity contribution in [1.29, 1.82) is 0 Å². The second kappa shape index (κ2) is 23.4. The summed E-state index contributed by atoms with van der Waals surface area (Å²) in [6.07, 6.45) is 0.813. The fourth-order valence-corrected chi connectivity index (χ4v) is 9.20. The van der Waals surface area contributed by atoms with Crippen molar-refractivity contribution in [2.24, 2.45) is 0 Å². The smallest absolute Gasteiger partial charge is 0.328 e. The van der Waals surface area contributed by atoms with Crippen molar-refractivity contribution in [1.82, 2.24) is 53.2 Å². The molecule has 31 heteroatoms. The Bertz CT molecular complexity index is 3020. The fraction of sp³-hybridized carbons (Fsp3) is 0.537. The maximum absolute atomic E-state index is 11.7. The molecular weight excluding hydrogens is 1030 g/mol. The summed E-state index contributed by atoms with van der Waals surface area (Å²) < 4.78 is 29.8. The average Bonchev–Trinajstić information content (AvgIpc) is 4.21. The Kier molecular flexibility index (Phi) is 17.8. The summed E-state index contributed by atoms with van der Waals surface area (Å²) >= 11 is 20.2. The van der Waals surface area contributed by atoms with Crippen LogP contribution >= 0.6 is 48.9 Å². The molecule has 4 aliphatic rings. The van der Waals surface area contributed by atoms with Gasteiger partial charge < -0.3 is 85.8 Å². The number of nitrogens with zero attached hydrogens (tertiary/aromatic N) is 7. The molecule has 0 saturated carbocycles. The number of nitrogens with one attached hydrogen (secondary N) is 4. The van der Waals surface area contributed by atoms with Crippen LogP contribution in [0.15, 0.2) is 40.6 Å². The molecule has 0 aromatic carbocycles. The predicted octanol–water partition coefficient (Wildman–Crippen LogP) is -0.261. The van der Waals surface area contributed by atoms with Gasteiger partial charge in [-0.3, -0.25) is 28.5 Å². The van der Waals surface area contributed by atoms with E-state index < -0.39 is 67.5 Å². The van der Waals surface area contributed by atoms with Crippen molar-refractivity contribution in [2.75, 3.05) is 37.9 Å². The maximum Gasteiger partial charge on any atom is 0.328 e. The first-order valence-corrected chi connectivity index (χ1v) is 23.9. The van der Waals surface area contributed by atoms with Gasteiger partial charge in [-0.15, -0.1) is 0 Å². The molecule has 0 amide bonds. The van der Waals surface area contributed by atoms with E-state index in [9.17, 15) is 30.0 Å². The molecule has 0 unspecified atom stereocenters. The summed E-state index contributed by atoms with van der Waals surface area (Å²) in [5, 5.41) is 75.7. The van der Waals surface area contributed by atoms with Crippen molar-refractivity contribution in [3.63, 3.8) is 0 Å². The number of aryl methyl sites for hydroxylation is 2. The summed E-state index contributed by atoms with van der Waals surface area (Å²) in [5.41, 5.74) is 13.8. The van der Waals surface area contributed by atoms with E-state index in [1.807, 2.05) is 10.6 Å². The molecule has 0 bridgehead atoms. The molecule has 72 heavy (non-hydrogen) atoms. The standard InChI is InChI=1S/C11H14N4O3S.C10H13N5O3S.2C10H14N2O4S/c12-11-13-9-5(10(19)14-11)1-2-15(9)8-3-6(17)7(4-16)18-8;11-10-13-8-7(9(19)14-10)12-3-15(8)6-1-4(17)5(2-16)18-6;1-5-3-12(10(15)11-9(5)17)8-2-6(14)7(4-13)16-8;1-5-3-12(10(17)11-9(5)15)8-2-6(14)7(4-13)16-8/h1-2,6-8,16-17H,3-4H2,(H3,12,13,14,19);3-6,16-17H,1-2H2,(H3,11,13,14,19);2*3,6-8,13-14H,2,4H2,1H3,(H,11,15,17)/t6-,7-,8-;4-,5-,6-;2*6-,7-,8-/m1111/s1. The number of aliphatic hydroxyl groups excluding tert-OH is 8. The van der Waals surface area contributed by atoms with Crippen molar-refractivity contribution >= 4 is 83.0 Å². The van der Waals surface area contributed by atoms with Gasteiger partial charge in [-0.1, -0.05) is 36.7 Å². The third-order valence-corrected chi connectivity index (χ3v) is 13.5. The maximum atomic E-state index is 11.7. The van der Waals surface area contributed by atoms with Gasteiger partial charge in [0.05, 0.1) is 62.6 Å². The summed E-state index contributed by atoms with van der Waals surface area (Å²) in [6, 6.07) is 1.82. The lowest BCUT2D eigenvalue weighted by Crippen LogP contribution is -2.28. The molecule has 4 fully saturated rings. The second-order valence-corrected chi connectivity index (χ2v) is 18.7. The van der Waals surface area contributed by atoms with Crippen LogP contribution in [0.1, 0.15) is 61.7 Å². The summed E-state index contributed by atoms with van der Waals surface area (Å²) in [6.45, 7) is 2.49. The Hall–Kier alpha value is -5.07. The van der Waals surface area contributed by atoms with Gasteiger partial charge in [0.2, 0.25) is 0 Å². The Morgan fingerprint density at radius 2 is 1.06 bits per heavy atom. The van der Waals surface area contributed by atoms with E-state index in [1.54, 1.807) is 47.9 Å². The number of fused-ring (bicyclic) bond motifs is 2. The molecule has 10 rings (SSSR count). The Balaban J connectivity index is 0.000000141. The van der Waals surface area contributed by atoms with Crippen LogP contribution in [-0.4, -0.2) is 169 Å². The van der Waals surface area contributed by atoms with E-state index in [0.29, 0.717) is 55.6 Å². The number of imidazole rings is 1. The van der Waals surface area contributed by atoms with Gasteiger partial charge in [0.1, 0.15) is 75.4 Å². The minimum absolute atomic E-state index is 0.191. The van der Waals surface area contributed by atoms with Gasteiger partial charge in [-0.25, -0.2) is 19.7 Å².